The highest BCUT2D eigenvalue weighted by molar-refractivity contribution is 9.10. The molecule has 3 heterocycles. The number of ether oxygens (including phenoxy) is 1. The molecule has 36 heavy (non-hydrogen) atoms. The van der Waals surface area contributed by atoms with E-state index < -0.39 is 23.6 Å². The zero-order valence-corrected chi connectivity index (χ0v) is 21.8. The summed E-state index contributed by atoms with van der Waals surface area (Å²) in [5.41, 5.74) is 6.67. The molecule has 0 amide bonds. The summed E-state index contributed by atoms with van der Waals surface area (Å²) in [5.74, 6) is -0.0990. The third-order valence-electron chi connectivity index (χ3n) is 5.46. The largest absolute Gasteiger partial charge is 0.482 e. The third-order valence-corrected chi connectivity index (χ3v) is 6.17. The van der Waals surface area contributed by atoms with Crippen molar-refractivity contribution in [2.75, 3.05) is 5.73 Å². The van der Waals surface area contributed by atoms with E-state index in [1.54, 1.807) is 20.0 Å². The summed E-state index contributed by atoms with van der Waals surface area (Å²) in [6.45, 7) is 3.96. The summed E-state index contributed by atoms with van der Waals surface area (Å²) >= 11 is 9.54. The molecule has 0 spiro atoms. The van der Waals surface area contributed by atoms with Crippen molar-refractivity contribution in [1.82, 2.24) is 24.5 Å². The number of nitrogens with zero attached hydrogens (tertiary/aromatic N) is 5. The van der Waals surface area contributed by atoms with Crippen molar-refractivity contribution in [3.05, 3.63) is 81.1 Å². The first-order valence-corrected chi connectivity index (χ1v) is 12.0. The fourth-order valence-corrected chi connectivity index (χ4v) is 4.36. The summed E-state index contributed by atoms with van der Waals surface area (Å²) in [5, 5.41) is 8.45. The van der Waals surface area contributed by atoms with Crippen LogP contribution >= 0.6 is 27.5 Å². The minimum Gasteiger partial charge on any atom is -0.482 e. The quantitative estimate of drug-likeness (QED) is 0.265. The second-order valence-electron chi connectivity index (χ2n) is 7.92. The van der Waals surface area contributed by atoms with Gasteiger partial charge in [0.2, 0.25) is 0 Å². The first-order valence-electron chi connectivity index (χ1n) is 10.8. The lowest BCUT2D eigenvalue weighted by Gasteiger charge is -2.19. The van der Waals surface area contributed by atoms with Gasteiger partial charge in [-0.25, -0.2) is 9.37 Å². The van der Waals surface area contributed by atoms with E-state index in [0.29, 0.717) is 22.1 Å². The van der Waals surface area contributed by atoms with Crippen LogP contribution in [0.2, 0.25) is 5.15 Å². The lowest BCUT2D eigenvalue weighted by Crippen LogP contribution is -2.08. The predicted molar refractivity (Wildman–Crippen MR) is 135 cm³/mol. The van der Waals surface area contributed by atoms with E-state index in [2.05, 4.69) is 31.1 Å². The van der Waals surface area contributed by atoms with Gasteiger partial charge in [0.1, 0.15) is 17.6 Å². The zero-order valence-electron chi connectivity index (χ0n) is 19.4. The van der Waals surface area contributed by atoms with Crippen molar-refractivity contribution in [1.29, 1.82) is 0 Å². The monoisotopic (exact) mass is 580 g/mol. The van der Waals surface area contributed by atoms with Crippen molar-refractivity contribution in [2.24, 2.45) is 7.05 Å². The number of hydrogen-bond donors (Lipinski definition) is 1. The summed E-state index contributed by atoms with van der Waals surface area (Å²) < 4.78 is 52.7. The number of nitrogens with two attached hydrogens (primary N) is 1. The van der Waals surface area contributed by atoms with Gasteiger partial charge in [-0.3, -0.25) is 9.36 Å². The van der Waals surface area contributed by atoms with Crippen molar-refractivity contribution in [3.63, 3.8) is 0 Å². The first-order chi connectivity index (χ1) is 17.1. The highest BCUT2D eigenvalue weighted by atomic mass is 79.9. The number of aryl methyl sites for hydroxylation is 2. The van der Waals surface area contributed by atoms with Gasteiger partial charge in [0.15, 0.2) is 16.7 Å². The van der Waals surface area contributed by atoms with Crippen LogP contribution in [0.5, 0.6) is 5.75 Å². The summed E-state index contributed by atoms with van der Waals surface area (Å²) in [6, 6.07) is 5.62. The maximum absolute atomic E-state index is 14.4. The van der Waals surface area contributed by atoms with E-state index in [-0.39, 0.29) is 33.5 Å². The topological polar surface area (TPSA) is 83.8 Å². The molecule has 0 bridgehead atoms. The van der Waals surface area contributed by atoms with Crippen molar-refractivity contribution >= 4 is 38.9 Å². The van der Waals surface area contributed by atoms with Crippen LogP contribution in [0.3, 0.4) is 0 Å². The molecule has 3 aromatic heterocycles. The number of halogens is 5. The van der Waals surface area contributed by atoms with Gasteiger partial charge in [0, 0.05) is 58.9 Å². The van der Waals surface area contributed by atoms with Crippen LogP contribution in [-0.4, -0.2) is 24.5 Å². The van der Waals surface area contributed by atoms with Crippen LogP contribution in [0.25, 0.3) is 16.8 Å². The second kappa shape index (κ2) is 10.4. The molecule has 0 aliphatic heterocycles. The van der Waals surface area contributed by atoms with Gasteiger partial charge >= 0.3 is 0 Å². The third kappa shape index (κ3) is 5.12. The smallest absolute Gasteiger partial charge is 0.278 e. The molecule has 0 radical (unpaired) electrons. The maximum atomic E-state index is 14.4. The Kier molecular flexibility index (Phi) is 7.41. The maximum Gasteiger partial charge on any atom is 0.278 e. The molecule has 7 nitrogen and oxygen atoms in total. The van der Waals surface area contributed by atoms with Crippen LogP contribution in [0.15, 0.2) is 53.4 Å². The average molecular weight is 582 g/mol. The molecular formula is C24H21BrClF3N6O. The standard InChI is InChI=1S/C24H21BrClF3N6O/c1-4-35-11-18(22(26)33-35)20(23(28)29)17-10-34(3)32-21(17)15-6-5-14(27)8-16(15)12(2)36-19-7-13(25)9-31-24(19)30/h5-12H,4H2,1-3H3,(H2,30,31)/t12-/m1/s1. The molecule has 1 aromatic carbocycles. The first kappa shape index (κ1) is 25.8. The SMILES string of the molecule is CCn1cc(C(=C(F)F)c2cn(C)nc2-c2ccc(F)cc2[C@@H](C)Oc2cc(Br)cnc2N)c(Cl)n1. The number of pyridine rings is 1. The molecule has 0 unspecified atom stereocenters. The molecule has 2 N–H and O–H groups in total. The van der Waals surface area contributed by atoms with Crippen LogP contribution < -0.4 is 10.5 Å². The molecule has 4 rings (SSSR count). The number of benzene rings is 1. The Bertz CT molecular complexity index is 1460. The minimum atomic E-state index is -1.96. The number of hydrogen-bond acceptors (Lipinski definition) is 5. The van der Waals surface area contributed by atoms with E-state index in [9.17, 15) is 13.2 Å². The lowest BCUT2D eigenvalue weighted by molar-refractivity contribution is 0.227. The Morgan fingerprint density at radius 3 is 2.61 bits per heavy atom. The molecule has 188 valence electrons. The molecule has 12 heteroatoms. The van der Waals surface area contributed by atoms with E-state index in [1.807, 2.05) is 6.92 Å². The number of nitrogen functional groups attached to an aromatic ring is 1. The van der Waals surface area contributed by atoms with Crippen molar-refractivity contribution in [3.8, 4) is 17.0 Å². The Morgan fingerprint density at radius 1 is 1.19 bits per heavy atom. The van der Waals surface area contributed by atoms with E-state index in [0.717, 1.165) is 0 Å². The van der Waals surface area contributed by atoms with Crippen molar-refractivity contribution in [2.45, 2.75) is 26.5 Å². The number of anilines is 1. The molecule has 0 aliphatic rings. The van der Waals surface area contributed by atoms with Gasteiger partial charge in [-0.2, -0.15) is 19.0 Å². The van der Waals surface area contributed by atoms with Crippen molar-refractivity contribution < 1.29 is 17.9 Å². The average Bonchev–Trinajstić information content (AvgIpc) is 3.38. The normalized spacial score (nSPS) is 12.0. The van der Waals surface area contributed by atoms with Crippen LogP contribution in [-0.2, 0) is 13.6 Å². The zero-order chi connectivity index (χ0) is 26.1. The fraction of sp³-hybridized carbons (Fsp3) is 0.208. The lowest BCUT2D eigenvalue weighted by atomic mass is 9.94. The molecule has 1 atom stereocenters. The van der Waals surface area contributed by atoms with Crippen LogP contribution in [0.4, 0.5) is 19.0 Å². The van der Waals surface area contributed by atoms with Gasteiger partial charge in [0.05, 0.1) is 5.57 Å². The van der Waals surface area contributed by atoms with E-state index >= 15 is 0 Å². The fourth-order valence-electron chi connectivity index (χ4n) is 3.81. The number of rotatable bonds is 7. The van der Waals surface area contributed by atoms with Gasteiger partial charge in [-0.15, -0.1) is 0 Å². The molecule has 0 saturated carbocycles. The Balaban J connectivity index is 1.86. The van der Waals surface area contributed by atoms with E-state index in [4.69, 9.17) is 22.1 Å². The Hall–Kier alpha value is -3.31. The highest BCUT2D eigenvalue weighted by Gasteiger charge is 2.27. The molecule has 0 aliphatic carbocycles. The summed E-state index contributed by atoms with van der Waals surface area (Å²) in [4.78, 5) is 4.04. The van der Waals surface area contributed by atoms with Gasteiger partial charge in [-0.1, -0.05) is 11.6 Å². The summed E-state index contributed by atoms with van der Waals surface area (Å²) in [7, 11) is 1.61. The minimum absolute atomic E-state index is 0.0636. The molecule has 0 fully saturated rings. The Morgan fingerprint density at radius 2 is 1.94 bits per heavy atom. The highest BCUT2D eigenvalue weighted by Crippen LogP contribution is 2.40. The second-order valence-corrected chi connectivity index (χ2v) is 9.19. The van der Waals surface area contributed by atoms with Gasteiger partial charge in [-0.05, 0) is 54.0 Å². The summed E-state index contributed by atoms with van der Waals surface area (Å²) in [6.07, 6.45) is 1.73. The van der Waals surface area contributed by atoms with Gasteiger partial charge in [0.25, 0.3) is 6.08 Å². The van der Waals surface area contributed by atoms with Crippen LogP contribution in [0, 0.1) is 5.82 Å². The molecule has 4 aromatic rings. The Labute approximate surface area is 218 Å². The molecule has 0 saturated heterocycles. The van der Waals surface area contributed by atoms with Gasteiger partial charge < -0.3 is 10.5 Å². The molecular weight excluding hydrogens is 561 g/mol. The number of aromatic nitrogens is 5. The predicted octanol–water partition coefficient (Wildman–Crippen LogP) is 6.63. The van der Waals surface area contributed by atoms with Crippen LogP contribution in [0.1, 0.15) is 36.6 Å². The van der Waals surface area contributed by atoms with E-state index in [1.165, 1.54) is 46.2 Å².